The van der Waals surface area contributed by atoms with Crippen molar-refractivity contribution in [2.24, 2.45) is 0 Å². The van der Waals surface area contributed by atoms with Crippen LogP contribution in [0.15, 0.2) is 34.9 Å². The van der Waals surface area contributed by atoms with Crippen LogP contribution in [0.25, 0.3) is 0 Å². The molecule has 100 valence electrons. The Morgan fingerprint density at radius 2 is 2.05 bits per heavy atom. The summed E-state index contributed by atoms with van der Waals surface area (Å²) in [6.45, 7) is 4.06. The Balaban J connectivity index is 2.23. The number of nitrogens with zero attached hydrogens (tertiary/aromatic N) is 2. The molecule has 1 heterocycles. The van der Waals surface area contributed by atoms with E-state index in [9.17, 15) is 4.79 Å². The molecule has 1 aromatic carbocycles. The first-order chi connectivity index (χ1) is 9.26. The summed E-state index contributed by atoms with van der Waals surface area (Å²) in [5, 5.41) is 3.67. The smallest absolute Gasteiger partial charge is 0.379 e. The molecule has 1 atom stereocenters. The maximum absolute atomic E-state index is 11.5. The van der Waals surface area contributed by atoms with Crippen LogP contribution in [0.2, 0.25) is 0 Å². The average Bonchev–Trinajstić information content (AvgIpc) is 2.91. The molecule has 2 rings (SSSR count). The van der Waals surface area contributed by atoms with Crippen LogP contribution in [0, 0.1) is 0 Å². The van der Waals surface area contributed by atoms with Crippen LogP contribution in [0.4, 0.5) is 0 Å². The van der Waals surface area contributed by atoms with E-state index in [1.54, 1.807) is 6.92 Å². The predicted molar refractivity (Wildman–Crippen MR) is 68.8 cm³/mol. The Kier molecular flexibility index (Phi) is 4.28. The topological polar surface area (TPSA) is 65.2 Å². The number of ether oxygens (including phenoxy) is 1. The maximum Gasteiger partial charge on any atom is 0.379 e. The van der Waals surface area contributed by atoms with E-state index in [-0.39, 0.29) is 11.7 Å². The molecule has 0 aliphatic rings. The highest BCUT2D eigenvalue weighted by atomic mass is 16.5. The molecule has 1 unspecified atom stereocenters. The third kappa shape index (κ3) is 2.99. The second-order valence-electron chi connectivity index (χ2n) is 4.05. The lowest BCUT2D eigenvalue weighted by Crippen LogP contribution is -2.07. The van der Waals surface area contributed by atoms with Gasteiger partial charge in [-0.1, -0.05) is 37.3 Å². The molecule has 5 nitrogen and oxygen atoms in total. The van der Waals surface area contributed by atoms with Crippen molar-refractivity contribution in [3.8, 4) is 0 Å². The van der Waals surface area contributed by atoms with Gasteiger partial charge in [-0.2, -0.15) is 4.98 Å². The van der Waals surface area contributed by atoms with Crippen LogP contribution in [0.3, 0.4) is 0 Å². The zero-order valence-corrected chi connectivity index (χ0v) is 11.0. The summed E-state index contributed by atoms with van der Waals surface area (Å²) < 4.78 is 10.0. The second kappa shape index (κ2) is 6.13. The number of rotatable bonds is 5. The van der Waals surface area contributed by atoms with Gasteiger partial charge in [-0.25, -0.2) is 4.79 Å². The number of hydrogen-bond acceptors (Lipinski definition) is 5. The van der Waals surface area contributed by atoms with E-state index in [0.717, 1.165) is 12.0 Å². The molecule has 0 fully saturated rings. The SMILES string of the molecule is CCOC(=O)c1noc(C(CC)c2ccccc2)n1. The van der Waals surface area contributed by atoms with E-state index in [1.807, 2.05) is 37.3 Å². The van der Waals surface area contributed by atoms with E-state index < -0.39 is 5.97 Å². The van der Waals surface area contributed by atoms with Gasteiger partial charge >= 0.3 is 5.97 Å². The molecule has 0 saturated carbocycles. The Morgan fingerprint density at radius 1 is 1.32 bits per heavy atom. The largest absolute Gasteiger partial charge is 0.460 e. The average molecular weight is 260 g/mol. The van der Waals surface area contributed by atoms with Gasteiger partial charge < -0.3 is 9.26 Å². The van der Waals surface area contributed by atoms with Crippen molar-refractivity contribution >= 4 is 5.97 Å². The van der Waals surface area contributed by atoms with E-state index in [4.69, 9.17) is 9.26 Å². The Hall–Kier alpha value is -2.17. The fraction of sp³-hybridized carbons (Fsp3) is 0.357. The number of esters is 1. The zero-order valence-electron chi connectivity index (χ0n) is 11.0. The van der Waals surface area contributed by atoms with Crippen LogP contribution in [-0.4, -0.2) is 22.7 Å². The second-order valence-corrected chi connectivity index (χ2v) is 4.05. The molecule has 1 aromatic heterocycles. The minimum absolute atomic E-state index is 0.00289. The van der Waals surface area contributed by atoms with Gasteiger partial charge in [-0.05, 0) is 24.1 Å². The molecule has 2 aromatic rings. The molecule has 0 spiro atoms. The third-order valence-electron chi connectivity index (χ3n) is 2.81. The van der Waals surface area contributed by atoms with Crippen LogP contribution in [0.1, 0.15) is 48.3 Å². The number of carbonyl (C=O) groups is 1. The van der Waals surface area contributed by atoms with Gasteiger partial charge in [0.15, 0.2) is 0 Å². The number of hydrogen-bond donors (Lipinski definition) is 0. The summed E-state index contributed by atoms with van der Waals surface area (Å²) in [6, 6.07) is 9.88. The highest BCUT2D eigenvalue weighted by molar-refractivity contribution is 5.84. The first kappa shape index (κ1) is 13.3. The van der Waals surface area contributed by atoms with Crippen molar-refractivity contribution in [3.63, 3.8) is 0 Å². The minimum atomic E-state index is -0.555. The monoisotopic (exact) mass is 260 g/mol. The van der Waals surface area contributed by atoms with Crippen molar-refractivity contribution in [1.82, 2.24) is 10.1 Å². The molecule has 0 N–H and O–H groups in total. The Morgan fingerprint density at radius 3 is 2.68 bits per heavy atom. The van der Waals surface area contributed by atoms with Crippen LogP contribution >= 0.6 is 0 Å². The van der Waals surface area contributed by atoms with Crippen molar-refractivity contribution in [2.75, 3.05) is 6.61 Å². The number of carbonyl (C=O) groups excluding carboxylic acids is 1. The summed E-state index contributed by atoms with van der Waals surface area (Å²) in [6.07, 6.45) is 0.814. The Labute approximate surface area is 111 Å². The fourth-order valence-electron chi connectivity index (χ4n) is 1.89. The van der Waals surface area contributed by atoms with Gasteiger partial charge in [-0.3, -0.25) is 0 Å². The lowest BCUT2D eigenvalue weighted by Gasteiger charge is -2.09. The molecule has 5 heteroatoms. The maximum atomic E-state index is 11.5. The molecule has 19 heavy (non-hydrogen) atoms. The fourth-order valence-corrected chi connectivity index (χ4v) is 1.89. The van der Waals surface area contributed by atoms with E-state index in [1.165, 1.54) is 0 Å². The zero-order chi connectivity index (χ0) is 13.7. The summed E-state index contributed by atoms with van der Waals surface area (Å²) in [7, 11) is 0. The normalized spacial score (nSPS) is 12.1. The lowest BCUT2D eigenvalue weighted by molar-refractivity contribution is 0.0508. The Bertz CT molecular complexity index is 537. The molecule has 0 bridgehead atoms. The summed E-state index contributed by atoms with van der Waals surface area (Å²) in [5.74, 6) is -0.139. The van der Waals surface area contributed by atoms with Gasteiger partial charge in [0.05, 0.1) is 12.5 Å². The van der Waals surface area contributed by atoms with Gasteiger partial charge in [0.1, 0.15) is 0 Å². The summed E-state index contributed by atoms with van der Waals surface area (Å²) >= 11 is 0. The molecular formula is C14H16N2O3. The third-order valence-corrected chi connectivity index (χ3v) is 2.81. The van der Waals surface area contributed by atoms with Crippen LogP contribution in [0.5, 0.6) is 0 Å². The lowest BCUT2D eigenvalue weighted by atomic mass is 9.96. The van der Waals surface area contributed by atoms with E-state index in [0.29, 0.717) is 12.5 Å². The van der Waals surface area contributed by atoms with Gasteiger partial charge in [0.25, 0.3) is 5.82 Å². The molecular weight excluding hydrogens is 244 g/mol. The van der Waals surface area contributed by atoms with Crippen LogP contribution < -0.4 is 0 Å². The predicted octanol–water partition coefficient (Wildman–Crippen LogP) is 2.79. The van der Waals surface area contributed by atoms with Gasteiger partial charge in [0, 0.05) is 0 Å². The number of aromatic nitrogens is 2. The van der Waals surface area contributed by atoms with Crippen molar-refractivity contribution in [1.29, 1.82) is 0 Å². The molecule has 0 saturated heterocycles. The van der Waals surface area contributed by atoms with Crippen molar-refractivity contribution in [3.05, 3.63) is 47.6 Å². The molecule has 0 amide bonds. The van der Waals surface area contributed by atoms with Crippen molar-refractivity contribution in [2.45, 2.75) is 26.2 Å². The summed E-state index contributed by atoms with van der Waals surface area (Å²) in [4.78, 5) is 15.6. The summed E-state index contributed by atoms with van der Waals surface area (Å²) in [5.41, 5.74) is 1.09. The van der Waals surface area contributed by atoms with Gasteiger partial charge in [0.2, 0.25) is 5.89 Å². The first-order valence-electron chi connectivity index (χ1n) is 6.31. The molecule has 0 aliphatic carbocycles. The van der Waals surface area contributed by atoms with E-state index >= 15 is 0 Å². The highest BCUT2D eigenvalue weighted by Crippen LogP contribution is 2.26. The van der Waals surface area contributed by atoms with Gasteiger partial charge in [-0.15, -0.1) is 0 Å². The van der Waals surface area contributed by atoms with Crippen LogP contribution in [-0.2, 0) is 4.74 Å². The standard InChI is InChI=1S/C14H16N2O3/c1-3-11(10-8-6-5-7-9-10)13-15-12(16-19-13)14(17)18-4-2/h5-9,11H,3-4H2,1-2H3. The van der Waals surface area contributed by atoms with E-state index in [2.05, 4.69) is 10.1 Å². The molecule has 0 radical (unpaired) electrons. The highest BCUT2D eigenvalue weighted by Gasteiger charge is 2.22. The van der Waals surface area contributed by atoms with Crippen molar-refractivity contribution < 1.29 is 14.1 Å². The number of benzene rings is 1. The quantitative estimate of drug-likeness (QED) is 0.773. The first-order valence-corrected chi connectivity index (χ1v) is 6.31. The molecule has 0 aliphatic heterocycles. The minimum Gasteiger partial charge on any atom is -0.460 e.